The Hall–Kier alpha value is -1.12. The fourth-order valence-electron chi connectivity index (χ4n) is 4.76. The van der Waals surface area contributed by atoms with Gasteiger partial charge in [0.25, 0.3) is 5.91 Å². The molecule has 4 bridgehead atoms. The van der Waals surface area contributed by atoms with Crippen molar-refractivity contribution in [2.75, 3.05) is 0 Å². The molecule has 0 unspecified atom stereocenters. The Kier molecular flexibility index (Phi) is 1.86. The van der Waals surface area contributed by atoms with E-state index in [0.717, 1.165) is 17.8 Å². The molecule has 5 aliphatic rings. The molecule has 17 heavy (non-hydrogen) atoms. The number of carbonyl (C=O) groups is 1. The molecule has 4 saturated carbocycles. The summed E-state index contributed by atoms with van der Waals surface area (Å²) in [6.45, 7) is 0. The van der Waals surface area contributed by atoms with Crippen LogP contribution in [0.5, 0.6) is 0 Å². The summed E-state index contributed by atoms with van der Waals surface area (Å²) in [7, 11) is 0. The van der Waals surface area contributed by atoms with Crippen LogP contribution >= 0.6 is 0 Å². The highest BCUT2D eigenvalue weighted by molar-refractivity contribution is 6.09. The predicted octanol–water partition coefficient (Wildman–Crippen LogP) is 2.47. The van der Waals surface area contributed by atoms with Gasteiger partial charge in [0.2, 0.25) is 5.90 Å². The fourth-order valence-corrected chi connectivity index (χ4v) is 4.76. The van der Waals surface area contributed by atoms with Crippen LogP contribution in [0.2, 0.25) is 0 Å². The lowest BCUT2D eigenvalue weighted by Crippen LogP contribution is -2.52. The van der Waals surface area contributed by atoms with Crippen molar-refractivity contribution in [1.82, 2.24) is 0 Å². The predicted molar refractivity (Wildman–Crippen MR) is 63.6 cm³/mol. The number of hydrogen-bond acceptors (Lipinski definition) is 2. The minimum Gasteiger partial charge on any atom is -0.471 e. The van der Waals surface area contributed by atoms with Gasteiger partial charge in [-0.15, -0.1) is 0 Å². The molecule has 4 aliphatic carbocycles. The van der Waals surface area contributed by atoms with Gasteiger partial charge in [-0.25, -0.2) is 0 Å². The summed E-state index contributed by atoms with van der Waals surface area (Å²) < 4.78 is 6.12. The van der Waals surface area contributed by atoms with Crippen LogP contribution in [0.4, 0.5) is 0 Å². The van der Waals surface area contributed by atoms with Gasteiger partial charge in [0.1, 0.15) is 5.60 Å². The highest BCUT2D eigenvalue weighted by Gasteiger charge is 2.52. The first-order valence-corrected chi connectivity index (χ1v) is 6.71. The second-order valence-electron chi connectivity index (χ2n) is 6.32. The van der Waals surface area contributed by atoms with Gasteiger partial charge < -0.3 is 4.74 Å². The summed E-state index contributed by atoms with van der Waals surface area (Å²) in [5.41, 5.74) is 0.0164. The van der Waals surface area contributed by atoms with E-state index in [9.17, 15) is 4.79 Å². The third-order valence-corrected chi connectivity index (χ3v) is 4.89. The van der Waals surface area contributed by atoms with Crippen molar-refractivity contribution in [2.45, 2.75) is 44.1 Å². The lowest BCUT2D eigenvalue weighted by molar-refractivity contribution is -0.116. The van der Waals surface area contributed by atoms with E-state index in [0.29, 0.717) is 5.90 Å². The van der Waals surface area contributed by atoms with Crippen LogP contribution in [0.1, 0.15) is 38.5 Å². The van der Waals surface area contributed by atoms with Gasteiger partial charge >= 0.3 is 0 Å². The normalized spacial score (nSPS) is 46.5. The molecule has 0 aromatic rings. The van der Waals surface area contributed by atoms with Gasteiger partial charge in [-0.05, 0) is 56.3 Å². The third kappa shape index (κ3) is 1.55. The third-order valence-electron chi connectivity index (χ3n) is 4.89. The summed E-state index contributed by atoms with van der Waals surface area (Å²) in [6.07, 6.45) is 11.0. The molecular weight excluding hydrogens is 214 g/mol. The van der Waals surface area contributed by atoms with Gasteiger partial charge in [0.05, 0.1) is 0 Å². The minimum absolute atomic E-state index is 0.0164. The van der Waals surface area contributed by atoms with E-state index in [1.807, 2.05) is 0 Å². The summed E-state index contributed by atoms with van der Waals surface area (Å²) in [5.74, 6) is 2.97. The number of carbonyl (C=O) groups excluding carboxylic acids is 1. The smallest absolute Gasteiger partial charge is 0.273 e. The maximum absolute atomic E-state index is 11.1. The Morgan fingerprint density at radius 3 is 2.12 bits per heavy atom. The SMILES string of the molecule is O=C1C=CC(OC23CC4CC(CC(C4)C2)C3)=N1. The molecule has 0 aromatic heterocycles. The number of ether oxygens (including phenoxy) is 1. The van der Waals surface area contributed by atoms with E-state index in [1.54, 1.807) is 6.08 Å². The fraction of sp³-hybridized carbons (Fsp3) is 0.714. The molecule has 1 aliphatic heterocycles. The molecular formula is C14H17NO2. The Balaban J connectivity index is 1.59. The van der Waals surface area contributed by atoms with Crippen molar-refractivity contribution in [3.63, 3.8) is 0 Å². The van der Waals surface area contributed by atoms with Crippen LogP contribution in [-0.2, 0) is 9.53 Å². The van der Waals surface area contributed by atoms with Crippen LogP contribution < -0.4 is 0 Å². The maximum Gasteiger partial charge on any atom is 0.273 e. The monoisotopic (exact) mass is 231 g/mol. The van der Waals surface area contributed by atoms with Crippen LogP contribution in [0, 0.1) is 17.8 Å². The Morgan fingerprint density at radius 2 is 1.65 bits per heavy atom. The lowest BCUT2D eigenvalue weighted by atomic mass is 9.54. The Labute approximate surface area is 101 Å². The summed E-state index contributed by atoms with van der Waals surface area (Å²) in [4.78, 5) is 15.0. The van der Waals surface area contributed by atoms with E-state index in [1.165, 1.54) is 44.6 Å². The van der Waals surface area contributed by atoms with Crippen LogP contribution in [0.25, 0.3) is 0 Å². The average Bonchev–Trinajstić information content (AvgIpc) is 2.60. The van der Waals surface area contributed by atoms with Crippen LogP contribution in [0.3, 0.4) is 0 Å². The van der Waals surface area contributed by atoms with Crippen molar-refractivity contribution in [3.05, 3.63) is 12.2 Å². The van der Waals surface area contributed by atoms with Crippen molar-refractivity contribution in [1.29, 1.82) is 0 Å². The summed E-state index contributed by atoms with van der Waals surface area (Å²) in [5, 5.41) is 0. The molecule has 1 amide bonds. The number of aliphatic imine (C=N–C) groups is 1. The Morgan fingerprint density at radius 1 is 1.06 bits per heavy atom. The first-order chi connectivity index (χ1) is 8.21. The van der Waals surface area contributed by atoms with E-state index in [2.05, 4.69) is 4.99 Å². The van der Waals surface area contributed by atoms with E-state index >= 15 is 0 Å². The summed E-state index contributed by atoms with van der Waals surface area (Å²) in [6, 6.07) is 0. The second-order valence-corrected chi connectivity index (χ2v) is 6.32. The molecule has 3 heteroatoms. The van der Waals surface area contributed by atoms with Crippen LogP contribution in [-0.4, -0.2) is 17.4 Å². The number of nitrogens with zero attached hydrogens (tertiary/aromatic N) is 1. The highest BCUT2D eigenvalue weighted by Crippen LogP contribution is 2.57. The van der Waals surface area contributed by atoms with Gasteiger partial charge in [-0.3, -0.25) is 4.79 Å². The highest BCUT2D eigenvalue weighted by atomic mass is 16.5. The molecule has 0 spiro atoms. The van der Waals surface area contributed by atoms with E-state index < -0.39 is 0 Å². The minimum atomic E-state index is -0.176. The summed E-state index contributed by atoms with van der Waals surface area (Å²) >= 11 is 0. The van der Waals surface area contributed by atoms with Gasteiger partial charge in [-0.1, -0.05) is 0 Å². The van der Waals surface area contributed by atoms with Crippen molar-refractivity contribution < 1.29 is 9.53 Å². The van der Waals surface area contributed by atoms with Crippen LogP contribution in [0.15, 0.2) is 17.1 Å². The van der Waals surface area contributed by atoms with Crippen molar-refractivity contribution >= 4 is 11.8 Å². The van der Waals surface area contributed by atoms with Gasteiger partial charge in [0.15, 0.2) is 0 Å². The Bertz CT molecular complexity index is 400. The first-order valence-electron chi connectivity index (χ1n) is 6.71. The molecule has 0 aromatic carbocycles. The molecule has 0 N–H and O–H groups in total. The van der Waals surface area contributed by atoms with E-state index in [4.69, 9.17) is 4.74 Å². The number of amides is 1. The topological polar surface area (TPSA) is 38.7 Å². The van der Waals surface area contributed by atoms with Crippen molar-refractivity contribution in [2.24, 2.45) is 22.7 Å². The molecule has 4 fully saturated rings. The molecule has 0 atom stereocenters. The zero-order chi connectivity index (χ0) is 11.5. The number of hydrogen-bond donors (Lipinski definition) is 0. The van der Waals surface area contributed by atoms with Gasteiger partial charge in [0, 0.05) is 12.2 Å². The zero-order valence-corrected chi connectivity index (χ0v) is 9.89. The standard InChI is InChI=1S/C14H17NO2/c16-12-1-2-13(15-12)17-14-6-9-3-10(7-14)5-11(4-9)8-14/h1-2,9-11H,3-8H2. The maximum atomic E-state index is 11.1. The molecule has 3 nitrogen and oxygen atoms in total. The molecule has 0 radical (unpaired) electrons. The molecule has 5 rings (SSSR count). The average molecular weight is 231 g/mol. The first kappa shape index (κ1) is 9.86. The molecule has 90 valence electrons. The molecule has 1 heterocycles. The van der Waals surface area contributed by atoms with Crippen molar-refractivity contribution in [3.8, 4) is 0 Å². The van der Waals surface area contributed by atoms with Gasteiger partial charge in [-0.2, -0.15) is 4.99 Å². The zero-order valence-electron chi connectivity index (χ0n) is 9.89. The second kappa shape index (κ2) is 3.21. The van der Waals surface area contributed by atoms with E-state index in [-0.39, 0.29) is 11.5 Å². The lowest BCUT2D eigenvalue weighted by Gasteiger charge is -2.55. The largest absolute Gasteiger partial charge is 0.471 e. The number of rotatable bonds is 1. The molecule has 0 saturated heterocycles. The quantitative estimate of drug-likeness (QED) is 0.695.